The van der Waals surface area contributed by atoms with Crippen LogP contribution in [0.1, 0.15) is 38.7 Å². The molecule has 1 aromatic heterocycles. The zero-order chi connectivity index (χ0) is 13.7. The molecule has 3 nitrogen and oxygen atoms in total. The first-order valence-corrected chi connectivity index (χ1v) is 7.15. The third kappa shape index (κ3) is 2.98. The van der Waals surface area contributed by atoms with Crippen LogP contribution in [-0.4, -0.2) is 9.78 Å². The van der Waals surface area contributed by atoms with Crippen LogP contribution in [0.25, 0.3) is 11.3 Å². The van der Waals surface area contributed by atoms with Crippen LogP contribution in [0.3, 0.4) is 0 Å². The fourth-order valence-electron chi connectivity index (χ4n) is 2.32. The van der Waals surface area contributed by atoms with Crippen LogP contribution in [0.4, 0.5) is 0 Å². The molecule has 1 aromatic carbocycles. The highest BCUT2D eigenvalue weighted by atomic mass is 16.1. The standard InChI is InChI=1S/C16H22N2O/c1-3-5-12-18-16(19)14(9-4-2)15(17-18)13-10-7-6-8-11-13/h6-8,10-11,17H,3-5,9,12H2,1-2H3. The molecule has 0 aliphatic carbocycles. The first-order chi connectivity index (χ1) is 9.27. The normalized spacial score (nSPS) is 10.8. The van der Waals surface area contributed by atoms with Crippen molar-refractivity contribution >= 4 is 0 Å². The number of H-pyrrole nitrogens is 1. The van der Waals surface area contributed by atoms with Crippen LogP contribution < -0.4 is 5.56 Å². The van der Waals surface area contributed by atoms with Crippen LogP contribution in [0.5, 0.6) is 0 Å². The van der Waals surface area contributed by atoms with E-state index in [9.17, 15) is 4.79 Å². The smallest absolute Gasteiger partial charge is 0.270 e. The highest BCUT2D eigenvalue weighted by Gasteiger charge is 2.14. The SMILES string of the molecule is CCCCn1[nH]c(-c2ccccc2)c(CCC)c1=O. The number of unbranched alkanes of at least 4 members (excludes halogenated alkanes) is 1. The van der Waals surface area contributed by atoms with E-state index >= 15 is 0 Å². The largest absolute Gasteiger partial charge is 0.295 e. The molecule has 2 rings (SSSR count). The molecule has 0 aliphatic rings. The Hall–Kier alpha value is -1.77. The second-order valence-corrected chi connectivity index (χ2v) is 4.89. The minimum atomic E-state index is 0.147. The van der Waals surface area contributed by atoms with E-state index in [0.29, 0.717) is 0 Å². The highest BCUT2D eigenvalue weighted by molar-refractivity contribution is 5.62. The van der Waals surface area contributed by atoms with Gasteiger partial charge in [0.15, 0.2) is 0 Å². The van der Waals surface area contributed by atoms with Gasteiger partial charge in [-0.15, -0.1) is 0 Å². The van der Waals surface area contributed by atoms with Crippen molar-refractivity contribution in [2.24, 2.45) is 0 Å². The zero-order valence-electron chi connectivity index (χ0n) is 11.8. The van der Waals surface area contributed by atoms with Crippen molar-refractivity contribution in [3.63, 3.8) is 0 Å². The van der Waals surface area contributed by atoms with E-state index < -0.39 is 0 Å². The number of hydrogen-bond donors (Lipinski definition) is 1. The topological polar surface area (TPSA) is 37.8 Å². The fraction of sp³-hybridized carbons (Fsp3) is 0.438. The number of aryl methyl sites for hydroxylation is 1. The number of nitrogens with one attached hydrogen (secondary N) is 1. The summed E-state index contributed by atoms with van der Waals surface area (Å²) in [6, 6.07) is 10.1. The molecule has 0 atom stereocenters. The summed E-state index contributed by atoms with van der Waals surface area (Å²) >= 11 is 0. The Morgan fingerprint density at radius 3 is 2.47 bits per heavy atom. The molecule has 0 fully saturated rings. The third-order valence-corrected chi connectivity index (χ3v) is 3.35. The van der Waals surface area contributed by atoms with Crippen molar-refractivity contribution in [2.75, 3.05) is 0 Å². The lowest BCUT2D eigenvalue weighted by atomic mass is 10.1. The lowest BCUT2D eigenvalue weighted by Gasteiger charge is -2.01. The number of benzene rings is 1. The van der Waals surface area contributed by atoms with E-state index in [1.807, 2.05) is 18.2 Å². The molecule has 2 aromatic rings. The van der Waals surface area contributed by atoms with Gasteiger partial charge in [0, 0.05) is 12.1 Å². The average Bonchev–Trinajstić information content (AvgIpc) is 2.75. The first kappa shape index (κ1) is 13.7. The van der Waals surface area contributed by atoms with Crippen molar-refractivity contribution < 1.29 is 0 Å². The molecule has 0 saturated carbocycles. The molecule has 0 unspecified atom stereocenters. The minimum Gasteiger partial charge on any atom is -0.295 e. The Labute approximate surface area is 114 Å². The van der Waals surface area contributed by atoms with Crippen LogP contribution in [0.15, 0.2) is 35.1 Å². The van der Waals surface area contributed by atoms with E-state index in [0.717, 1.165) is 49.0 Å². The molecule has 0 spiro atoms. The molecule has 0 aliphatic heterocycles. The van der Waals surface area contributed by atoms with Gasteiger partial charge in [0.05, 0.1) is 5.69 Å². The number of aromatic nitrogens is 2. The van der Waals surface area contributed by atoms with Crippen molar-refractivity contribution in [3.05, 3.63) is 46.2 Å². The van der Waals surface area contributed by atoms with Crippen molar-refractivity contribution in [1.82, 2.24) is 9.78 Å². The van der Waals surface area contributed by atoms with Gasteiger partial charge >= 0.3 is 0 Å². The van der Waals surface area contributed by atoms with Crippen molar-refractivity contribution in [1.29, 1.82) is 0 Å². The summed E-state index contributed by atoms with van der Waals surface area (Å²) in [4.78, 5) is 12.4. The third-order valence-electron chi connectivity index (χ3n) is 3.35. The summed E-state index contributed by atoms with van der Waals surface area (Å²) in [5, 5.41) is 3.29. The second-order valence-electron chi connectivity index (χ2n) is 4.89. The molecule has 0 amide bonds. The summed E-state index contributed by atoms with van der Waals surface area (Å²) in [7, 11) is 0. The van der Waals surface area contributed by atoms with Crippen molar-refractivity contribution in [2.45, 2.75) is 46.1 Å². The maximum Gasteiger partial charge on any atom is 0.270 e. The van der Waals surface area contributed by atoms with E-state index in [1.165, 1.54) is 0 Å². The van der Waals surface area contributed by atoms with E-state index in [1.54, 1.807) is 4.68 Å². The highest BCUT2D eigenvalue weighted by Crippen LogP contribution is 2.20. The lowest BCUT2D eigenvalue weighted by Crippen LogP contribution is -2.19. The molecule has 0 saturated heterocycles. The van der Waals surface area contributed by atoms with E-state index in [2.05, 4.69) is 31.1 Å². The summed E-state index contributed by atoms with van der Waals surface area (Å²) in [6.45, 7) is 5.02. The Morgan fingerprint density at radius 2 is 1.84 bits per heavy atom. The number of aromatic amines is 1. The molecule has 1 N–H and O–H groups in total. The summed E-state index contributed by atoms with van der Waals surface area (Å²) in [6.07, 6.45) is 3.94. The Kier molecular flexibility index (Phi) is 4.61. The predicted molar refractivity (Wildman–Crippen MR) is 79.4 cm³/mol. The van der Waals surface area contributed by atoms with Crippen molar-refractivity contribution in [3.8, 4) is 11.3 Å². The molecular weight excluding hydrogens is 236 g/mol. The van der Waals surface area contributed by atoms with Gasteiger partial charge < -0.3 is 0 Å². The molecule has 19 heavy (non-hydrogen) atoms. The van der Waals surface area contributed by atoms with Gasteiger partial charge in [-0.05, 0) is 18.4 Å². The van der Waals surface area contributed by atoms with Gasteiger partial charge in [0.1, 0.15) is 0 Å². The molecule has 0 radical (unpaired) electrons. The predicted octanol–water partition coefficient (Wildman–Crippen LogP) is 3.60. The van der Waals surface area contributed by atoms with Gasteiger partial charge in [0.25, 0.3) is 5.56 Å². The summed E-state index contributed by atoms with van der Waals surface area (Å²) in [5.41, 5.74) is 3.15. The zero-order valence-corrected chi connectivity index (χ0v) is 11.8. The van der Waals surface area contributed by atoms with E-state index in [-0.39, 0.29) is 5.56 Å². The fourth-order valence-corrected chi connectivity index (χ4v) is 2.32. The second kappa shape index (κ2) is 6.41. The number of hydrogen-bond acceptors (Lipinski definition) is 1. The Bertz CT molecular complexity index is 566. The summed E-state index contributed by atoms with van der Waals surface area (Å²) in [5.74, 6) is 0. The van der Waals surface area contributed by atoms with Gasteiger partial charge in [-0.25, -0.2) is 0 Å². The first-order valence-electron chi connectivity index (χ1n) is 7.15. The number of rotatable bonds is 6. The summed E-state index contributed by atoms with van der Waals surface area (Å²) < 4.78 is 1.76. The van der Waals surface area contributed by atoms with Gasteiger partial charge in [-0.1, -0.05) is 57.0 Å². The molecular formula is C16H22N2O. The average molecular weight is 258 g/mol. The maximum atomic E-state index is 12.4. The van der Waals surface area contributed by atoms with Gasteiger partial charge in [-0.2, -0.15) is 0 Å². The van der Waals surface area contributed by atoms with Crippen LogP contribution >= 0.6 is 0 Å². The Morgan fingerprint density at radius 1 is 1.11 bits per heavy atom. The molecule has 102 valence electrons. The monoisotopic (exact) mass is 258 g/mol. The minimum absolute atomic E-state index is 0.147. The maximum absolute atomic E-state index is 12.4. The van der Waals surface area contributed by atoms with E-state index in [4.69, 9.17) is 0 Å². The lowest BCUT2D eigenvalue weighted by molar-refractivity contribution is 0.557. The van der Waals surface area contributed by atoms with Gasteiger partial charge in [0.2, 0.25) is 0 Å². The van der Waals surface area contributed by atoms with Gasteiger partial charge in [-0.3, -0.25) is 14.6 Å². The molecule has 0 bridgehead atoms. The molecule has 3 heteroatoms. The Balaban J connectivity index is 2.44. The quantitative estimate of drug-likeness (QED) is 0.844. The van der Waals surface area contributed by atoms with Crippen LogP contribution in [0, 0.1) is 0 Å². The number of nitrogens with zero attached hydrogens (tertiary/aromatic N) is 1. The van der Waals surface area contributed by atoms with Crippen LogP contribution in [0.2, 0.25) is 0 Å². The molecule has 1 heterocycles. The van der Waals surface area contributed by atoms with Crippen LogP contribution in [-0.2, 0) is 13.0 Å².